The third-order valence-corrected chi connectivity index (χ3v) is 1.11. The fourth-order valence-electron chi connectivity index (χ4n) is 0.502. The van der Waals surface area contributed by atoms with E-state index in [-0.39, 0.29) is 5.12 Å². The Balaban J connectivity index is 3.15. The van der Waals surface area contributed by atoms with E-state index in [1.807, 2.05) is 6.08 Å². The van der Waals surface area contributed by atoms with E-state index in [1.165, 1.54) is 6.08 Å². The second-order valence-electron chi connectivity index (χ2n) is 1.86. The van der Waals surface area contributed by atoms with Crippen molar-refractivity contribution in [1.29, 1.82) is 0 Å². The molecule has 0 bridgehead atoms. The summed E-state index contributed by atoms with van der Waals surface area (Å²) in [5, 5.41) is -0.272. The van der Waals surface area contributed by atoms with Gasteiger partial charge in [-0.25, -0.2) is 0 Å². The van der Waals surface area contributed by atoms with Crippen LogP contribution >= 0.6 is 12.6 Å². The smallest absolute Gasteiger partial charge is 0.241 e. The van der Waals surface area contributed by atoms with E-state index in [2.05, 4.69) is 19.6 Å². The van der Waals surface area contributed by atoms with Crippen molar-refractivity contribution in [2.45, 2.75) is 26.2 Å². The lowest BCUT2D eigenvalue weighted by molar-refractivity contribution is -0.106. The van der Waals surface area contributed by atoms with Crippen LogP contribution in [0.5, 0.6) is 0 Å². The van der Waals surface area contributed by atoms with Gasteiger partial charge in [-0.1, -0.05) is 25.8 Å². The fraction of sp³-hybridized carbons (Fsp3) is 0.571. The molecular formula is C7H11OS. The Kier molecular flexibility index (Phi) is 5.52. The summed E-state index contributed by atoms with van der Waals surface area (Å²) in [7, 11) is 0. The predicted molar refractivity (Wildman–Crippen MR) is 41.3 cm³/mol. The summed E-state index contributed by atoms with van der Waals surface area (Å²) >= 11 is 4.30. The van der Waals surface area contributed by atoms with Gasteiger partial charge >= 0.3 is 0 Å². The van der Waals surface area contributed by atoms with Gasteiger partial charge in [-0.2, -0.15) is 0 Å². The first kappa shape index (κ1) is 8.63. The van der Waals surface area contributed by atoms with Gasteiger partial charge in [-0.15, -0.1) is 0 Å². The SMILES string of the molecule is CCCCC=CC(=O)[S]. The molecule has 0 fully saturated rings. The van der Waals surface area contributed by atoms with E-state index in [1.54, 1.807) is 0 Å². The maximum absolute atomic E-state index is 10.1. The van der Waals surface area contributed by atoms with Crippen LogP contribution in [0.3, 0.4) is 0 Å². The molecule has 1 nitrogen and oxygen atoms in total. The quantitative estimate of drug-likeness (QED) is 0.436. The molecule has 0 amide bonds. The fourth-order valence-corrected chi connectivity index (χ4v) is 0.598. The lowest BCUT2D eigenvalue weighted by Gasteiger charge is -1.84. The summed E-state index contributed by atoms with van der Waals surface area (Å²) < 4.78 is 0. The standard InChI is InChI=1S/C7H11OS/c1-2-3-4-5-6-7(8)9/h5-6H,2-4H2,1H3. The van der Waals surface area contributed by atoms with Crippen LogP contribution < -0.4 is 0 Å². The highest BCUT2D eigenvalue weighted by Gasteiger charge is 1.82. The van der Waals surface area contributed by atoms with Crippen LogP contribution in [-0.4, -0.2) is 5.12 Å². The number of unbranched alkanes of at least 4 members (excludes halogenated alkanes) is 2. The summed E-state index contributed by atoms with van der Waals surface area (Å²) in [6.07, 6.45) is 6.55. The molecule has 0 N–H and O–H groups in total. The second-order valence-corrected chi connectivity index (χ2v) is 2.27. The molecule has 0 rings (SSSR count). The average molecular weight is 143 g/mol. The predicted octanol–water partition coefficient (Wildman–Crippen LogP) is 2.46. The molecule has 0 aliphatic rings. The van der Waals surface area contributed by atoms with Crippen LogP contribution in [0.1, 0.15) is 26.2 Å². The van der Waals surface area contributed by atoms with Crippen molar-refractivity contribution in [2.24, 2.45) is 0 Å². The molecule has 0 atom stereocenters. The third kappa shape index (κ3) is 7.63. The molecule has 2 heteroatoms. The van der Waals surface area contributed by atoms with Crippen molar-refractivity contribution in [3.05, 3.63) is 12.2 Å². The highest BCUT2D eigenvalue weighted by molar-refractivity contribution is 7.97. The minimum atomic E-state index is -0.272. The van der Waals surface area contributed by atoms with E-state index in [0.717, 1.165) is 19.3 Å². The first-order valence-electron chi connectivity index (χ1n) is 3.15. The summed E-state index contributed by atoms with van der Waals surface area (Å²) in [6, 6.07) is 0. The summed E-state index contributed by atoms with van der Waals surface area (Å²) in [6.45, 7) is 2.11. The topological polar surface area (TPSA) is 17.1 Å². The molecule has 0 heterocycles. The van der Waals surface area contributed by atoms with Crippen LogP contribution in [0.25, 0.3) is 0 Å². The number of hydrogen-bond acceptors (Lipinski definition) is 1. The number of hydrogen-bond donors (Lipinski definition) is 0. The number of carbonyl (C=O) groups is 1. The molecule has 0 aromatic heterocycles. The monoisotopic (exact) mass is 143 g/mol. The van der Waals surface area contributed by atoms with Gasteiger partial charge in [-0.05, 0) is 25.1 Å². The van der Waals surface area contributed by atoms with Crippen LogP contribution in [-0.2, 0) is 4.79 Å². The lowest BCUT2D eigenvalue weighted by atomic mass is 10.2. The third-order valence-electron chi connectivity index (χ3n) is 0.978. The zero-order valence-electron chi connectivity index (χ0n) is 5.59. The van der Waals surface area contributed by atoms with Crippen LogP contribution in [0, 0.1) is 0 Å². The van der Waals surface area contributed by atoms with Gasteiger partial charge in [0.15, 0.2) is 0 Å². The minimum absolute atomic E-state index is 0.272. The normalized spacial score (nSPS) is 10.3. The summed E-state index contributed by atoms with van der Waals surface area (Å²) in [5.74, 6) is 0. The first-order valence-corrected chi connectivity index (χ1v) is 3.55. The molecule has 0 aromatic carbocycles. The summed E-state index contributed by atoms with van der Waals surface area (Å²) in [5.41, 5.74) is 0. The van der Waals surface area contributed by atoms with E-state index < -0.39 is 0 Å². The molecule has 0 saturated carbocycles. The minimum Gasteiger partial charge on any atom is -0.277 e. The Morgan fingerprint density at radius 1 is 1.67 bits per heavy atom. The van der Waals surface area contributed by atoms with Crippen LogP contribution in [0.15, 0.2) is 12.2 Å². The van der Waals surface area contributed by atoms with Gasteiger partial charge in [-0.3, -0.25) is 4.79 Å². The maximum atomic E-state index is 10.1. The Morgan fingerprint density at radius 2 is 2.33 bits per heavy atom. The molecule has 0 saturated heterocycles. The van der Waals surface area contributed by atoms with Crippen molar-refractivity contribution < 1.29 is 4.79 Å². The second kappa shape index (κ2) is 5.76. The van der Waals surface area contributed by atoms with E-state index in [0.29, 0.717) is 0 Å². The van der Waals surface area contributed by atoms with Gasteiger partial charge in [0.25, 0.3) is 0 Å². The Labute approximate surface area is 61.6 Å². The van der Waals surface area contributed by atoms with Crippen molar-refractivity contribution >= 4 is 17.7 Å². The van der Waals surface area contributed by atoms with Crippen LogP contribution in [0.2, 0.25) is 0 Å². The van der Waals surface area contributed by atoms with Crippen molar-refractivity contribution in [1.82, 2.24) is 0 Å². The molecule has 1 radical (unpaired) electrons. The molecule has 0 aromatic rings. The summed E-state index contributed by atoms with van der Waals surface area (Å²) in [4.78, 5) is 10.1. The highest BCUT2D eigenvalue weighted by atomic mass is 32.1. The molecule has 51 valence electrons. The largest absolute Gasteiger partial charge is 0.277 e. The molecule has 0 spiro atoms. The molecule has 0 aliphatic carbocycles. The highest BCUT2D eigenvalue weighted by Crippen LogP contribution is 1.95. The lowest BCUT2D eigenvalue weighted by Crippen LogP contribution is -1.74. The molecular weight excluding hydrogens is 132 g/mol. The van der Waals surface area contributed by atoms with Crippen molar-refractivity contribution in [3.63, 3.8) is 0 Å². The zero-order valence-corrected chi connectivity index (χ0v) is 6.41. The first-order chi connectivity index (χ1) is 4.27. The Hall–Kier alpha value is -0.370. The van der Waals surface area contributed by atoms with E-state index >= 15 is 0 Å². The van der Waals surface area contributed by atoms with E-state index in [4.69, 9.17) is 0 Å². The molecule has 0 unspecified atom stereocenters. The van der Waals surface area contributed by atoms with Gasteiger partial charge < -0.3 is 0 Å². The number of rotatable bonds is 4. The van der Waals surface area contributed by atoms with Crippen molar-refractivity contribution in [3.8, 4) is 0 Å². The average Bonchev–Trinajstić information content (AvgIpc) is 1.80. The number of carbonyl (C=O) groups excluding carboxylic acids is 1. The van der Waals surface area contributed by atoms with Crippen molar-refractivity contribution in [2.75, 3.05) is 0 Å². The Morgan fingerprint density at radius 3 is 2.78 bits per heavy atom. The van der Waals surface area contributed by atoms with E-state index in [9.17, 15) is 4.79 Å². The Bertz CT molecular complexity index is 107. The maximum Gasteiger partial charge on any atom is 0.241 e. The zero-order chi connectivity index (χ0) is 7.11. The number of allylic oxidation sites excluding steroid dienone is 1. The van der Waals surface area contributed by atoms with Crippen LogP contribution in [0.4, 0.5) is 0 Å². The van der Waals surface area contributed by atoms with Gasteiger partial charge in [0, 0.05) is 0 Å². The molecule has 9 heavy (non-hydrogen) atoms. The van der Waals surface area contributed by atoms with Gasteiger partial charge in [0.2, 0.25) is 5.12 Å². The van der Waals surface area contributed by atoms with Gasteiger partial charge in [0.05, 0.1) is 0 Å². The molecule has 0 aliphatic heterocycles. The van der Waals surface area contributed by atoms with Gasteiger partial charge in [0.1, 0.15) is 0 Å².